The van der Waals surface area contributed by atoms with Gasteiger partial charge in [-0.1, -0.05) is 32.9 Å². The first-order chi connectivity index (χ1) is 11.6. The summed E-state index contributed by atoms with van der Waals surface area (Å²) < 4.78 is 0. The summed E-state index contributed by atoms with van der Waals surface area (Å²) in [7, 11) is 0. The minimum Gasteiger partial charge on any atom is -0.370 e. The van der Waals surface area contributed by atoms with Crippen molar-refractivity contribution in [2.75, 3.05) is 11.4 Å². The Morgan fingerprint density at radius 3 is 2.52 bits per heavy atom. The van der Waals surface area contributed by atoms with E-state index in [0.717, 1.165) is 17.7 Å². The van der Waals surface area contributed by atoms with Gasteiger partial charge in [-0.3, -0.25) is 14.4 Å². The van der Waals surface area contributed by atoms with Crippen molar-refractivity contribution in [1.29, 1.82) is 0 Å². The van der Waals surface area contributed by atoms with Crippen molar-refractivity contribution >= 4 is 23.4 Å². The van der Waals surface area contributed by atoms with E-state index >= 15 is 0 Å². The Bertz CT molecular complexity index is 692. The highest BCUT2D eigenvalue weighted by Gasteiger charge is 2.31. The fourth-order valence-corrected chi connectivity index (χ4v) is 3.07. The van der Waals surface area contributed by atoms with Crippen molar-refractivity contribution in [3.05, 3.63) is 29.3 Å². The topological polar surface area (TPSA) is 92.5 Å². The highest BCUT2D eigenvalue weighted by atomic mass is 16.2. The first-order valence-corrected chi connectivity index (χ1v) is 8.60. The van der Waals surface area contributed by atoms with Crippen LogP contribution < -0.4 is 16.0 Å². The van der Waals surface area contributed by atoms with Crippen LogP contribution in [0.4, 0.5) is 5.69 Å². The number of fused-ring (bicyclic) bond motifs is 1. The average Bonchev–Trinajstić information content (AvgIpc) is 2.92. The number of benzene rings is 1. The van der Waals surface area contributed by atoms with Crippen LogP contribution in [0.3, 0.4) is 0 Å². The first kappa shape index (κ1) is 19.0. The number of amides is 3. The second kappa shape index (κ2) is 7.25. The molecule has 0 aliphatic carbocycles. The van der Waals surface area contributed by atoms with Gasteiger partial charge in [0.1, 0.15) is 6.04 Å². The van der Waals surface area contributed by atoms with Crippen molar-refractivity contribution in [3.63, 3.8) is 0 Å². The largest absolute Gasteiger partial charge is 0.370 e. The molecule has 2 rings (SSSR count). The van der Waals surface area contributed by atoms with E-state index in [4.69, 9.17) is 5.73 Å². The molecule has 25 heavy (non-hydrogen) atoms. The van der Waals surface area contributed by atoms with Crippen molar-refractivity contribution in [2.45, 2.75) is 58.4 Å². The van der Waals surface area contributed by atoms with E-state index in [9.17, 15) is 14.4 Å². The van der Waals surface area contributed by atoms with E-state index in [1.54, 1.807) is 4.90 Å². The van der Waals surface area contributed by atoms with Crippen LogP contribution in [0.2, 0.25) is 0 Å². The summed E-state index contributed by atoms with van der Waals surface area (Å²) in [4.78, 5) is 37.1. The van der Waals surface area contributed by atoms with Gasteiger partial charge >= 0.3 is 0 Å². The molecule has 0 aromatic heterocycles. The molecule has 0 unspecified atom stereocenters. The third-order valence-electron chi connectivity index (χ3n) is 4.46. The smallest absolute Gasteiger partial charge is 0.249 e. The van der Waals surface area contributed by atoms with Crippen LogP contribution in [0.5, 0.6) is 0 Å². The number of primary amides is 1. The van der Waals surface area contributed by atoms with Gasteiger partial charge in [-0.25, -0.2) is 0 Å². The number of hydrogen-bond acceptors (Lipinski definition) is 3. The van der Waals surface area contributed by atoms with Crippen LogP contribution in [0.25, 0.3) is 0 Å². The standard InChI is InChI=1S/C19H27N3O3/c1-12(23)21-15(6-8-17(20)24)18(25)22-10-9-13-11-14(19(2,3)4)5-7-16(13)22/h5,7,11,15H,6,8-10H2,1-4H3,(H2,20,24)(H,21,23)/t15-/m1/s1. The van der Waals surface area contributed by atoms with E-state index in [1.807, 2.05) is 12.1 Å². The lowest BCUT2D eigenvalue weighted by atomic mass is 9.86. The maximum atomic E-state index is 12.9. The van der Waals surface area contributed by atoms with Gasteiger partial charge in [0.05, 0.1) is 0 Å². The summed E-state index contributed by atoms with van der Waals surface area (Å²) in [6, 6.07) is 5.43. The fourth-order valence-electron chi connectivity index (χ4n) is 3.07. The van der Waals surface area contributed by atoms with Gasteiger partial charge in [0.2, 0.25) is 17.7 Å². The van der Waals surface area contributed by atoms with E-state index in [2.05, 4.69) is 32.2 Å². The Hall–Kier alpha value is -2.37. The third kappa shape index (κ3) is 4.59. The third-order valence-corrected chi connectivity index (χ3v) is 4.46. The second-order valence-electron chi connectivity index (χ2n) is 7.59. The molecule has 1 aliphatic rings. The SMILES string of the molecule is CC(=O)N[C@H](CCC(N)=O)C(=O)N1CCc2cc(C(C)(C)C)ccc21. The van der Waals surface area contributed by atoms with Crippen molar-refractivity contribution < 1.29 is 14.4 Å². The van der Waals surface area contributed by atoms with Crippen molar-refractivity contribution in [3.8, 4) is 0 Å². The quantitative estimate of drug-likeness (QED) is 0.850. The summed E-state index contributed by atoms with van der Waals surface area (Å²) in [6.07, 6.45) is 1.05. The predicted molar refractivity (Wildman–Crippen MR) is 97.2 cm³/mol. The predicted octanol–water partition coefficient (Wildman–Crippen LogP) is 1.64. The Balaban J connectivity index is 2.22. The van der Waals surface area contributed by atoms with E-state index in [1.165, 1.54) is 12.5 Å². The maximum Gasteiger partial charge on any atom is 0.249 e. The zero-order chi connectivity index (χ0) is 18.8. The number of nitrogens with zero attached hydrogens (tertiary/aromatic N) is 1. The van der Waals surface area contributed by atoms with Crippen LogP contribution in [0.15, 0.2) is 18.2 Å². The molecule has 0 spiro atoms. The zero-order valence-electron chi connectivity index (χ0n) is 15.4. The Kier molecular flexibility index (Phi) is 5.50. The summed E-state index contributed by atoms with van der Waals surface area (Å²) in [5.74, 6) is -0.983. The molecular weight excluding hydrogens is 318 g/mol. The van der Waals surface area contributed by atoms with Gasteiger partial charge in [0.15, 0.2) is 0 Å². The van der Waals surface area contributed by atoms with Crippen LogP contribution in [0.1, 0.15) is 51.7 Å². The molecule has 1 aromatic carbocycles. The Morgan fingerprint density at radius 2 is 1.96 bits per heavy atom. The zero-order valence-corrected chi connectivity index (χ0v) is 15.4. The van der Waals surface area contributed by atoms with Gasteiger partial charge < -0.3 is 16.0 Å². The van der Waals surface area contributed by atoms with Gasteiger partial charge in [-0.15, -0.1) is 0 Å². The Labute approximate surface area is 148 Å². The molecule has 6 nitrogen and oxygen atoms in total. The van der Waals surface area contributed by atoms with Crippen LogP contribution in [0, 0.1) is 0 Å². The molecule has 0 saturated heterocycles. The number of hydrogen-bond donors (Lipinski definition) is 2. The number of carbonyl (C=O) groups excluding carboxylic acids is 3. The normalized spacial score (nSPS) is 14.8. The van der Waals surface area contributed by atoms with E-state index in [0.29, 0.717) is 6.54 Å². The first-order valence-electron chi connectivity index (χ1n) is 8.60. The van der Waals surface area contributed by atoms with Gasteiger partial charge in [0, 0.05) is 25.6 Å². The van der Waals surface area contributed by atoms with E-state index in [-0.39, 0.29) is 30.1 Å². The molecule has 0 fully saturated rings. The summed E-state index contributed by atoms with van der Waals surface area (Å²) >= 11 is 0. The number of nitrogens with one attached hydrogen (secondary N) is 1. The molecule has 1 aromatic rings. The number of nitrogens with two attached hydrogens (primary N) is 1. The molecule has 1 aliphatic heterocycles. The highest BCUT2D eigenvalue weighted by Crippen LogP contribution is 2.33. The van der Waals surface area contributed by atoms with Crippen LogP contribution in [-0.2, 0) is 26.2 Å². The molecule has 0 saturated carbocycles. The summed E-state index contributed by atoms with van der Waals surface area (Å²) in [5.41, 5.74) is 8.48. The molecule has 0 radical (unpaired) electrons. The minimum absolute atomic E-state index is 0.0483. The molecule has 1 atom stereocenters. The number of carbonyl (C=O) groups is 3. The fraction of sp³-hybridized carbons (Fsp3) is 0.526. The van der Waals surface area contributed by atoms with Crippen molar-refractivity contribution in [1.82, 2.24) is 5.32 Å². The molecule has 1 heterocycles. The van der Waals surface area contributed by atoms with Gasteiger partial charge in [-0.05, 0) is 35.4 Å². The molecule has 3 N–H and O–H groups in total. The second-order valence-corrected chi connectivity index (χ2v) is 7.59. The lowest BCUT2D eigenvalue weighted by Gasteiger charge is -2.25. The molecule has 3 amide bonds. The molecular formula is C19H27N3O3. The van der Waals surface area contributed by atoms with Gasteiger partial charge in [-0.2, -0.15) is 0 Å². The lowest BCUT2D eigenvalue weighted by Crippen LogP contribution is -2.48. The highest BCUT2D eigenvalue weighted by molar-refractivity contribution is 6.00. The van der Waals surface area contributed by atoms with Crippen LogP contribution >= 0.6 is 0 Å². The average molecular weight is 345 g/mol. The van der Waals surface area contributed by atoms with Crippen molar-refractivity contribution in [2.24, 2.45) is 5.73 Å². The Morgan fingerprint density at radius 1 is 1.28 bits per heavy atom. The minimum atomic E-state index is -0.738. The number of anilines is 1. The summed E-state index contributed by atoms with van der Waals surface area (Å²) in [6.45, 7) is 8.40. The molecule has 0 bridgehead atoms. The molecule has 136 valence electrons. The van der Waals surface area contributed by atoms with Gasteiger partial charge in [0.25, 0.3) is 0 Å². The molecule has 6 heteroatoms. The maximum absolute atomic E-state index is 12.9. The van der Waals surface area contributed by atoms with Crippen LogP contribution in [-0.4, -0.2) is 30.3 Å². The summed E-state index contributed by atoms with van der Waals surface area (Å²) in [5, 5.41) is 2.64. The lowest BCUT2D eigenvalue weighted by molar-refractivity contribution is -0.127. The van der Waals surface area contributed by atoms with E-state index < -0.39 is 11.9 Å². The number of rotatable bonds is 5. The monoisotopic (exact) mass is 345 g/mol.